The van der Waals surface area contributed by atoms with Gasteiger partial charge in [-0.2, -0.15) is 0 Å². The van der Waals surface area contributed by atoms with Gasteiger partial charge in [0.05, 0.1) is 7.11 Å². The van der Waals surface area contributed by atoms with Gasteiger partial charge in [0.2, 0.25) is 0 Å². The van der Waals surface area contributed by atoms with Gasteiger partial charge < -0.3 is 14.6 Å². The number of fused-ring (bicyclic) bond motifs is 3. The van der Waals surface area contributed by atoms with Crippen LogP contribution in [0.15, 0.2) is 48.5 Å². The highest BCUT2D eigenvalue weighted by Gasteiger charge is 2.26. The minimum absolute atomic E-state index is 0.679. The van der Waals surface area contributed by atoms with E-state index in [1.165, 1.54) is 73.9 Å². The summed E-state index contributed by atoms with van der Waals surface area (Å²) in [5.74, 6) is 2.45. The normalized spacial score (nSPS) is 21.0. The number of hydrogen-bond acceptors (Lipinski definition) is 2. The van der Waals surface area contributed by atoms with Crippen LogP contribution in [0.1, 0.15) is 42.0 Å². The molecule has 1 N–H and O–H groups in total. The van der Waals surface area contributed by atoms with Crippen LogP contribution >= 0.6 is 0 Å². The fourth-order valence-corrected chi connectivity index (χ4v) is 5.31. The molecule has 0 saturated carbocycles. The minimum Gasteiger partial charge on any atom is -0.497 e. The van der Waals surface area contributed by atoms with E-state index in [4.69, 9.17) is 4.74 Å². The van der Waals surface area contributed by atoms with E-state index in [0.29, 0.717) is 5.92 Å². The zero-order chi connectivity index (χ0) is 18.9. The van der Waals surface area contributed by atoms with Gasteiger partial charge in [-0.3, -0.25) is 0 Å². The van der Waals surface area contributed by atoms with Crippen molar-refractivity contribution in [3.05, 3.63) is 65.4 Å². The first-order chi connectivity index (χ1) is 13.8. The van der Waals surface area contributed by atoms with Crippen LogP contribution in [0.5, 0.6) is 5.75 Å². The minimum atomic E-state index is 0.679. The molecular formula is C25H30N2O. The van der Waals surface area contributed by atoms with E-state index < -0.39 is 0 Å². The maximum atomic E-state index is 5.41. The van der Waals surface area contributed by atoms with Crippen LogP contribution in [-0.4, -0.2) is 36.6 Å². The van der Waals surface area contributed by atoms with Gasteiger partial charge in [0.1, 0.15) is 5.75 Å². The zero-order valence-electron chi connectivity index (χ0n) is 16.8. The number of rotatable bonds is 4. The second-order valence-electron chi connectivity index (χ2n) is 8.59. The van der Waals surface area contributed by atoms with Gasteiger partial charge in [-0.05, 0) is 86.4 Å². The maximum Gasteiger partial charge on any atom is 0.119 e. The van der Waals surface area contributed by atoms with Crippen molar-refractivity contribution in [2.24, 2.45) is 5.92 Å². The number of ether oxygens (including phenoxy) is 1. The first-order valence-electron chi connectivity index (χ1n) is 10.7. The summed E-state index contributed by atoms with van der Waals surface area (Å²) in [5.41, 5.74) is 5.82. The Hall–Kier alpha value is -2.26. The molecule has 3 nitrogen and oxygen atoms in total. The van der Waals surface area contributed by atoms with E-state index in [0.717, 1.165) is 11.7 Å². The fourth-order valence-electron chi connectivity index (χ4n) is 5.31. The standard InChI is InChI=1S/C25H30N2O/c1-28-21-6-4-5-20(16-21)19-11-13-27(14-12-19)17-18-9-10-25-23(15-18)22-7-2-3-8-24(22)26-25/h2-8,16,18-19,26H,9-15,17H2,1H3. The Morgan fingerprint density at radius 3 is 2.75 bits per heavy atom. The number of methoxy groups -OCH3 is 1. The molecule has 1 aliphatic heterocycles. The van der Waals surface area contributed by atoms with Gasteiger partial charge in [-0.15, -0.1) is 0 Å². The summed E-state index contributed by atoms with van der Waals surface area (Å²) in [7, 11) is 1.75. The van der Waals surface area contributed by atoms with Crippen LogP contribution in [0.25, 0.3) is 10.9 Å². The lowest BCUT2D eigenvalue weighted by Gasteiger charge is -2.35. The number of H-pyrrole nitrogens is 1. The van der Waals surface area contributed by atoms with E-state index in [-0.39, 0.29) is 0 Å². The summed E-state index contributed by atoms with van der Waals surface area (Å²) in [6.45, 7) is 3.70. The molecule has 0 amide bonds. The van der Waals surface area contributed by atoms with Gasteiger partial charge >= 0.3 is 0 Å². The highest BCUT2D eigenvalue weighted by atomic mass is 16.5. The average Bonchev–Trinajstić information content (AvgIpc) is 3.12. The Labute approximate surface area is 167 Å². The third kappa shape index (κ3) is 3.44. The number of para-hydroxylation sites is 1. The Kier molecular flexibility index (Phi) is 4.86. The summed E-state index contributed by atoms with van der Waals surface area (Å²) in [6.07, 6.45) is 6.27. The first kappa shape index (κ1) is 17.8. The molecule has 1 fully saturated rings. The Morgan fingerprint density at radius 1 is 1.04 bits per heavy atom. The van der Waals surface area contributed by atoms with E-state index in [1.54, 1.807) is 12.7 Å². The third-order valence-electron chi connectivity index (χ3n) is 6.87. The molecular weight excluding hydrogens is 344 g/mol. The second-order valence-corrected chi connectivity index (χ2v) is 8.59. The average molecular weight is 375 g/mol. The highest BCUT2D eigenvalue weighted by molar-refractivity contribution is 5.84. The van der Waals surface area contributed by atoms with Gasteiger partial charge in [0, 0.05) is 23.1 Å². The smallest absolute Gasteiger partial charge is 0.119 e. The molecule has 1 aliphatic carbocycles. The molecule has 0 radical (unpaired) electrons. The number of piperidine rings is 1. The van der Waals surface area contributed by atoms with Crippen LogP contribution in [0.4, 0.5) is 0 Å². The highest BCUT2D eigenvalue weighted by Crippen LogP contribution is 2.34. The SMILES string of the molecule is COc1cccc(C2CCN(CC3CCc4[nH]c5ccccc5c4C3)CC2)c1. The molecule has 1 unspecified atom stereocenters. The number of nitrogens with one attached hydrogen (secondary N) is 1. The second kappa shape index (κ2) is 7.63. The molecule has 0 spiro atoms. The number of likely N-dealkylation sites (tertiary alicyclic amines) is 1. The van der Waals surface area contributed by atoms with Crippen molar-refractivity contribution in [2.45, 2.75) is 38.0 Å². The van der Waals surface area contributed by atoms with E-state index >= 15 is 0 Å². The molecule has 2 aliphatic rings. The van der Waals surface area contributed by atoms with E-state index in [2.05, 4.69) is 52.3 Å². The molecule has 146 valence electrons. The van der Waals surface area contributed by atoms with E-state index in [9.17, 15) is 0 Å². The predicted molar refractivity (Wildman–Crippen MR) is 115 cm³/mol. The van der Waals surface area contributed by atoms with Crippen molar-refractivity contribution in [1.82, 2.24) is 9.88 Å². The number of aryl methyl sites for hydroxylation is 1. The number of aromatic amines is 1. The van der Waals surface area contributed by atoms with Crippen LogP contribution < -0.4 is 4.74 Å². The quantitative estimate of drug-likeness (QED) is 0.683. The summed E-state index contributed by atoms with van der Waals surface area (Å²) in [6, 6.07) is 17.5. The Balaban J connectivity index is 1.20. The monoisotopic (exact) mass is 374 g/mol. The molecule has 2 heterocycles. The van der Waals surface area contributed by atoms with Crippen molar-refractivity contribution in [3.8, 4) is 5.75 Å². The molecule has 3 aromatic rings. The van der Waals surface area contributed by atoms with Crippen molar-refractivity contribution >= 4 is 10.9 Å². The molecule has 1 saturated heterocycles. The van der Waals surface area contributed by atoms with Gasteiger partial charge in [-0.25, -0.2) is 0 Å². The van der Waals surface area contributed by atoms with Crippen LogP contribution in [0.3, 0.4) is 0 Å². The van der Waals surface area contributed by atoms with Crippen LogP contribution in [0.2, 0.25) is 0 Å². The van der Waals surface area contributed by atoms with Gasteiger partial charge in [0.15, 0.2) is 0 Å². The van der Waals surface area contributed by atoms with Gasteiger partial charge in [-0.1, -0.05) is 30.3 Å². The van der Waals surface area contributed by atoms with Crippen molar-refractivity contribution in [2.75, 3.05) is 26.7 Å². The molecule has 5 rings (SSSR count). The number of nitrogens with zero attached hydrogens (tertiary/aromatic N) is 1. The topological polar surface area (TPSA) is 28.3 Å². The molecule has 2 aromatic carbocycles. The molecule has 3 heteroatoms. The number of hydrogen-bond donors (Lipinski definition) is 1. The Morgan fingerprint density at radius 2 is 1.89 bits per heavy atom. The lowest BCUT2D eigenvalue weighted by Crippen LogP contribution is -2.37. The van der Waals surface area contributed by atoms with Gasteiger partial charge in [0.25, 0.3) is 0 Å². The largest absolute Gasteiger partial charge is 0.497 e. The first-order valence-corrected chi connectivity index (χ1v) is 10.7. The Bertz CT molecular complexity index is 952. The third-order valence-corrected chi connectivity index (χ3v) is 6.87. The fraction of sp³-hybridized carbons (Fsp3) is 0.440. The van der Waals surface area contributed by atoms with E-state index in [1.807, 2.05) is 6.07 Å². The van der Waals surface area contributed by atoms with Crippen molar-refractivity contribution in [1.29, 1.82) is 0 Å². The molecule has 1 atom stereocenters. The summed E-state index contributed by atoms with van der Waals surface area (Å²) in [5, 5.41) is 1.44. The predicted octanol–water partition coefficient (Wildman–Crippen LogP) is 5.16. The molecule has 28 heavy (non-hydrogen) atoms. The molecule has 1 aromatic heterocycles. The van der Waals surface area contributed by atoms with Crippen molar-refractivity contribution in [3.63, 3.8) is 0 Å². The summed E-state index contributed by atoms with van der Waals surface area (Å²) < 4.78 is 5.41. The number of aromatic nitrogens is 1. The summed E-state index contributed by atoms with van der Waals surface area (Å²) >= 11 is 0. The lowest BCUT2D eigenvalue weighted by molar-refractivity contribution is 0.175. The zero-order valence-corrected chi connectivity index (χ0v) is 16.8. The maximum absolute atomic E-state index is 5.41. The lowest BCUT2D eigenvalue weighted by atomic mass is 9.84. The summed E-state index contributed by atoms with van der Waals surface area (Å²) in [4.78, 5) is 6.36. The van der Waals surface area contributed by atoms with Crippen LogP contribution in [-0.2, 0) is 12.8 Å². The molecule has 0 bridgehead atoms. The van der Waals surface area contributed by atoms with Crippen LogP contribution in [0, 0.1) is 5.92 Å². The number of benzene rings is 2. The van der Waals surface area contributed by atoms with Crippen molar-refractivity contribution < 1.29 is 4.74 Å².